The van der Waals surface area contributed by atoms with E-state index in [1.165, 1.54) is 5.56 Å². The van der Waals surface area contributed by atoms with Gasteiger partial charge in [0.1, 0.15) is 11.4 Å². The molecule has 0 unspecified atom stereocenters. The monoisotopic (exact) mass is 323 g/mol. The Labute approximate surface area is 144 Å². The first kappa shape index (κ1) is 16.6. The number of aryl methyl sites for hydroxylation is 3. The van der Waals surface area contributed by atoms with Gasteiger partial charge in [-0.05, 0) is 69.5 Å². The summed E-state index contributed by atoms with van der Waals surface area (Å²) in [6, 6.07) is 12.0. The maximum Gasteiger partial charge on any atom is 0.251 e. The Kier molecular flexibility index (Phi) is 4.12. The Hall–Kier alpha value is -2.29. The molecule has 0 aromatic heterocycles. The molecule has 0 saturated carbocycles. The molecule has 1 amide bonds. The fourth-order valence-electron chi connectivity index (χ4n) is 3.21. The van der Waals surface area contributed by atoms with E-state index in [1.807, 2.05) is 38.1 Å². The molecule has 0 bridgehead atoms. The second-order valence-corrected chi connectivity index (χ2v) is 7.43. The largest absolute Gasteiger partial charge is 0.487 e. The Balaban J connectivity index is 1.89. The van der Waals surface area contributed by atoms with Crippen LogP contribution in [0.5, 0.6) is 5.75 Å². The number of nitrogens with one attached hydrogen (secondary N) is 1. The Morgan fingerprint density at radius 3 is 2.54 bits per heavy atom. The fourth-order valence-corrected chi connectivity index (χ4v) is 3.21. The van der Waals surface area contributed by atoms with Crippen LogP contribution >= 0.6 is 0 Å². The summed E-state index contributed by atoms with van der Waals surface area (Å²) >= 11 is 0. The predicted octanol–water partition coefficient (Wildman–Crippen LogP) is 4.64. The van der Waals surface area contributed by atoms with Crippen molar-refractivity contribution in [3.8, 4) is 5.75 Å². The Bertz CT molecular complexity index is 792. The van der Waals surface area contributed by atoms with Gasteiger partial charge >= 0.3 is 0 Å². The zero-order chi connectivity index (χ0) is 17.5. The summed E-state index contributed by atoms with van der Waals surface area (Å²) in [5.74, 6) is 0.837. The van der Waals surface area contributed by atoms with Crippen LogP contribution in [0.15, 0.2) is 36.4 Å². The average Bonchev–Trinajstić information content (AvgIpc) is 2.48. The first-order valence-electron chi connectivity index (χ1n) is 8.43. The van der Waals surface area contributed by atoms with Crippen LogP contribution in [-0.2, 0) is 0 Å². The maximum atomic E-state index is 12.7. The average molecular weight is 323 g/mol. The third kappa shape index (κ3) is 3.30. The molecule has 0 spiro atoms. The molecule has 1 aliphatic heterocycles. The van der Waals surface area contributed by atoms with Crippen molar-refractivity contribution >= 4 is 5.91 Å². The summed E-state index contributed by atoms with van der Waals surface area (Å²) in [7, 11) is 0. The van der Waals surface area contributed by atoms with Gasteiger partial charge in [0, 0.05) is 17.5 Å². The first-order valence-corrected chi connectivity index (χ1v) is 8.43. The molecule has 2 aromatic rings. The summed E-state index contributed by atoms with van der Waals surface area (Å²) in [6.07, 6.45) is 0.750. The van der Waals surface area contributed by atoms with Crippen LogP contribution in [0, 0.1) is 20.8 Å². The summed E-state index contributed by atoms with van der Waals surface area (Å²) in [5.41, 5.74) is 4.94. The van der Waals surface area contributed by atoms with E-state index in [0.717, 1.165) is 28.9 Å². The van der Waals surface area contributed by atoms with E-state index in [-0.39, 0.29) is 17.6 Å². The number of hydrogen-bond donors (Lipinski definition) is 1. The number of carbonyl (C=O) groups is 1. The van der Waals surface area contributed by atoms with Crippen molar-refractivity contribution in [2.75, 3.05) is 0 Å². The third-order valence-corrected chi connectivity index (χ3v) is 4.70. The molecule has 3 nitrogen and oxygen atoms in total. The van der Waals surface area contributed by atoms with Crippen molar-refractivity contribution in [1.29, 1.82) is 0 Å². The molecule has 2 aromatic carbocycles. The van der Waals surface area contributed by atoms with Gasteiger partial charge in [0.25, 0.3) is 5.91 Å². The zero-order valence-electron chi connectivity index (χ0n) is 15.1. The smallest absolute Gasteiger partial charge is 0.251 e. The molecule has 1 heterocycles. The normalized spacial score (nSPS) is 18.5. The van der Waals surface area contributed by atoms with Crippen molar-refractivity contribution in [2.24, 2.45) is 0 Å². The molecule has 3 heteroatoms. The van der Waals surface area contributed by atoms with Crippen LogP contribution in [0.4, 0.5) is 0 Å². The summed E-state index contributed by atoms with van der Waals surface area (Å²) in [5, 5.41) is 3.19. The van der Waals surface area contributed by atoms with Crippen LogP contribution < -0.4 is 10.1 Å². The van der Waals surface area contributed by atoms with Gasteiger partial charge in [-0.3, -0.25) is 4.79 Å². The van der Waals surface area contributed by atoms with Crippen molar-refractivity contribution in [1.82, 2.24) is 5.32 Å². The molecule has 24 heavy (non-hydrogen) atoms. The van der Waals surface area contributed by atoms with Gasteiger partial charge < -0.3 is 10.1 Å². The fraction of sp³-hybridized carbons (Fsp3) is 0.381. The van der Waals surface area contributed by atoms with E-state index in [9.17, 15) is 4.79 Å². The minimum atomic E-state index is -0.304. The summed E-state index contributed by atoms with van der Waals surface area (Å²) in [4.78, 5) is 12.7. The molecular weight excluding hydrogens is 298 g/mol. The number of carbonyl (C=O) groups excluding carboxylic acids is 1. The van der Waals surface area contributed by atoms with Gasteiger partial charge in [0.05, 0.1) is 6.04 Å². The first-order chi connectivity index (χ1) is 11.2. The van der Waals surface area contributed by atoms with Crippen molar-refractivity contribution in [3.05, 3.63) is 64.2 Å². The highest BCUT2D eigenvalue weighted by Crippen LogP contribution is 2.40. The van der Waals surface area contributed by atoms with Gasteiger partial charge in [-0.1, -0.05) is 18.2 Å². The zero-order valence-corrected chi connectivity index (χ0v) is 15.1. The summed E-state index contributed by atoms with van der Waals surface area (Å²) in [6.45, 7) is 10.3. The lowest BCUT2D eigenvalue weighted by atomic mass is 9.89. The van der Waals surface area contributed by atoms with E-state index in [4.69, 9.17) is 4.74 Å². The molecular formula is C21H25NO2. The van der Waals surface area contributed by atoms with E-state index in [1.54, 1.807) is 0 Å². The van der Waals surface area contributed by atoms with Gasteiger partial charge in [-0.15, -0.1) is 0 Å². The molecule has 1 aliphatic rings. The number of fused-ring (bicyclic) bond motifs is 1. The van der Waals surface area contributed by atoms with Crippen LogP contribution in [0.1, 0.15) is 58.9 Å². The lowest BCUT2D eigenvalue weighted by Crippen LogP contribution is -2.41. The lowest BCUT2D eigenvalue weighted by Gasteiger charge is -2.38. The second-order valence-electron chi connectivity index (χ2n) is 7.43. The number of benzene rings is 2. The maximum absolute atomic E-state index is 12.7. The lowest BCUT2D eigenvalue weighted by molar-refractivity contribution is 0.0619. The Morgan fingerprint density at radius 1 is 1.08 bits per heavy atom. The van der Waals surface area contributed by atoms with Gasteiger partial charge in [0.2, 0.25) is 0 Å². The van der Waals surface area contributed by atoms with Crippen LogP contribution in [0.3, 0.4) is 0 Å². The Morgan fingerprint density at radius 2 is 1.83 bits per heavy atom. The quantitative estimate of drug-likeness (QED) is 0.874. The second kappa shape index (κ2) is 5.97. The van der Waals surface area contributed by atoms with Crippen molar-refractivity contribution in [2.45, 2.75) is 52.7 Å². The molecule has 1 atom stereocenters. The van der Waals surface area contributed by atoms with Gasteiger partial charge in [-0.2, -0.15) is 0 Å². The number of ether oxygens (including phenoxy) is 1. The van der Waals surface area contributed by atoms with Crippen LogP contribution in [-0.4, -0.2) is 11.5 Å². The highest BCUT2D eigenvalue weighted by atomic mass is 16.5. The molecule has 0 radical (unpaired) electrons. The predicted molar refractivity (Wildman–Crippen MR) is 96.6 cm³/mol. The molecule has 0 saturated heterocycles. The van der Waals surface area contributed by atoms with Crippen molar-refractivity contribution in [3.63, 3.8) is 0 Å². The van der Waals surface area contributed by atoms with Crippen LogP contribution in [0.25, 0.3) is 0 Å². The molecule has 0 fully saturated rings. The van der Waals surface area contributed by atoms with E-state index in [0.29, 0.717) is 5.56 Å². The minimum Gasteiger partial charge on any atom is -0.487 e. The SMILES string of the molecule is Cc1ccc2c(c1)OC(C)(C)C[C@@H]2NC(=O)c1ccc(C)c(C)c1. The standard InChI is InChI=1S/C21H25NO2/c1-13-6-9-17-18(12-21(4,5)24-19(17)10-13)22-20(23)16-8-7-14(2)15(3)11-16/h6-11,18H,12H2,1-5H3,(H,22,23)/t18-/m0/s1. The van der Waals surface area contributed by atoms with Gasteiger partial charge in [-0.25, -0.2) is 0 Å². The summed E-state index contributed by atoms with van der Waals surface area (Å²) < 4.78 is 6.10. The topological polar surface area (TPSA) is 38.3 Å². The molecule has 3 rings (SSSR count). The minimum absolute atomic E-state index is 0.0349. The number of hydrogen-bond acceptors (Lipinski definition) is 2. The van der Waals surface area contributed by atoms with E-state index in [2.05, 4.69) is 38.2 Å². The van der Waals surface area contributed by atoms with Crippen molar-refractivity contribution < 1.29 is 9.53 Å². The number of rotatable bonds is 2. The van der Waals surface area contributed by atoms with E-state index >= 15 is 0 Å². The highest BCUT2D eigenvalue weighted by molar-refractivity contribution is 5.94. The van der Waals surface area contributed by atoms with Gasteiger partial charge in [0.15, 0.2) is 0 Å². The third-order valence-electron chi connectivity index (χ3n) is 4.70. The number of amides is 1. The van der Waals surface area contributed by atoms with Crippen LogP contribution in [0.2, 0.25) is 0 Å². The highest BCUT2D eigenvalue weighted by Gasteiger charge is 2.34. The van der Waals surface area contributed by atoms with E-state index < -0.39 is 0 Å². The molecule has 0 aliphatic carbocycles. The molecule has 1 N–H and O–H groups in total. The molecule has 126 valence electrons.